The first-order valence-corrected chi connectivity index (χ1v) is 11.2. The summed E-state index contributed by atoms with van der Waals surface area (Å²) in [6.07, 6.45) is 1.68. The molecule has 35 heavy (non-hydrogen) atoms. The van der Waals surface area contributed by atoms with E-state index >= 15 is 0 Å². The fourth-order valence-corrected chi connectivity index (χ4v) is 4.35. The molecule has 1 unspecified atom stereocenters. The molecular weight excluding hydrogens is 446 g/mol. The Morgan fingerprint density at radius 1 is 0.971 bits per heavy atom. The Labute approximate surface area is 203 Å². The van der Waals surface area contributed by atoms with Gasteiger partial charge in [-0.05, 0) is 35.9 Å². The molecule has 10 heteroatoms. The number of anilines is 2. The summed E-state index contributed by atoms with van der Waals surface area (Å²) >= 11 is 0. The summed E-state index contributed by atoms with van der Waals surface area (Å²) in [6, 6.07) is 13.7. The van der Waals surface area contributed by atoms with Crippen LogP contribution in [0.2, 0.25) is 0 Å². The van der Waals surface area contributed by atoms with E-state index in [1.165, 1.54) is 0 Å². The van der Waals surface area contributed by atoms with Crippen LogP contribution < -0.4 is 30.2 Å². The second kappa shape index (κ2) is 9.59. The molecule has 1 saturated heterocycles. The number of nitrogens with one attached hydrogen (secondary N) is 1. The number of nitrogen functional groups attached to an aromatic ring is 1. The third kappa shape index (κ3) is 4.35. The van der Waals surface area contributed by atoms with Crippen molar-refractivity contribution in [3.8, 4) is 28.5 Å². The summed E-state index contributed by atoms with van der Waals surface area (Å²) in [6.45, 7) is 2.26. The van der Waals surface area contributed by atoms with Crippen molar-refractivity contribution >= 4 is 22.9 Å². The summed E-state index contributed by atoms with van der Waals surface area (Å²) in [4.78, 5) is 20.7. The van der Waals surface area contributed by atoms with E-state index in [1.807, 2.05) is 36.4 Å². The van der Waals surface area contributed by atoms with E-state index in [4.69, 9.17) is 24.9 Å². The minimum absolute atomic E-state index is 0.00267. The molecule has 10 nitrogen and oxygen atoms in total. The van der Waals surface area contributed by atoms with Crippen LogP contribution in [0.1, 0.15) is 11.6 Å². The molecule has 0 aliphatic carbocycles. The minimum Gasteiger partial charge on any atom is -0.497 e. The first-order chi connectivity index (χ1) is 17.1. The molecule has 1 aliphatic rings. The van der Waals surface area contributed by atoms with E-state index < -0.39 is 0 Å². The first-order valence-electron chi connectivity index (χ1n) is 11.2. The maximum atomic E-state index is 6.10. The van der Waals surface area contributed by atoms with Crippen molar-refractivity contribution in [2.24, 2.45) is 0 Å². The SMILES string of the molecule is COc1cccc(C2CNCCN2c2nc(N)nc3ncc(-c4ccc(OC)c(OC)c4)nc23)c1. The molecule has 3 N–H and O–H groups in total. The lowest BCUT2D eigenvalue weighted by molar-refractivity contribution is 0.355. The van der Waals surface area contributed by atoms with Crippen LogP contribution >= 0.6 is 0 Å². The molecule has 1 aliphatic heterocycles. The average Bonchev–Trinajstić information content (AvgIpc) is 2.92. The molecule has 0 spiro atoms. The summed E-state index contributed by atoms with van der Waals surface area (Å²) in [5, 5.41) is 3.47. The molecule has 0 amide bonds. The number of ether oxygens (including phenoxy) is 3. The number of benzene rings is 2. The van der Waals surface area contributed by atoms with Gasteiger partial charge in [-0.2, -0.15) is 9.97 Å². The molecule has 2 aromatic carbocycles. The molecular formula is C25H27N7O3. The number of nitrogens with two attached hydrogens (primary N) is 1. The fourth-order valence-electron chi connectivity index (χ4n) is 4.35. The van der Waals surface area contributed by atoms with E-state index in [2.05, 4.69) is 31.2 Å². The van der Waals surface area contributed by atoms with Crippen molar-refractivity contribution in [2.75, 3.05) is 51.6 Å². The van der Waals surface area contributed by atoms with Crippen molar-refractivity contribution in [2.45, 2.75) is 6.04 Å². The molecule has 1 atom stereocenters. The van der Waals surface area contributed by atoms with E-state index in [0.717, 1.165) is 36.5 Å². The Bertz CT molecular complexity index is 1360. The Kier molecular flexibility index (Phi) is 6.19. The molecule has 0 bridgehead atoms. The van der Waals surface area contributed by atoms with Gasteiger partial charge >= 0.3 is 0 Å². The average molecular weight is 474 g/mol. The Morgan fingerprint density at radius 2 is 1.83 bits per heavy atom. The predicted octanol–water partition coefficient (Wildman–Crippen LogP) is 2.85. The van der Waals surface area contributed by atoms with Crippen LogP contribution in [-0.2, 0) is 0 Å². The van der Waals surface area contributed by atoms with Crippen LogP contribution in [-0.4, -0.2) is 60.9 Å². The lowest BCUT2D eigenvalue weighted by atomic mass is 10.0. The second-order valence-electron chi connectivity index (χ2n) is 8.09. The fraction of sp³-hybridized carbons (Fsp3) is 0.280. The van der Waals surface area contributed by atoms with Gasteiger partial charge in [0, 0.05) is 25.2 Å². The minimum atomic E-state index is 0.00267. The quantitative estimate of drug-likeness (QED) is 0.432. The lowest BCUT2D eigenvalue weighted by Gasteiger charge is -2.37. The van der Waals surface area contributed by atoms with Gasteiger partial charge in [-0.1, -0.05) is 12.1 Å². The van der Waals surface area contributed by atoms with E-state index in [-0.39, 0.29) is 12.0 Å². The van der Waals surface area contributed by atoms with Crippen LogP contribution in [0, 0.1) is 0 Å². The zero-order valence-electron chi connectivity index (χ0n) is 19.9. The zero-order valence-corrected chi connectivity index (χ0v) is 19.9. The highest BCUT2D eigenvalue weighted by Crippen LogP contribution is 2.35. The lowest BCUT2D eigenvalue weighted by Crippen LogP contribution is -2.46. The van der Waals surface area contributed by atoms with Gasteiger partial charge in [0.25, 0.3) is 0 Å². The molecule has 4 aromatic rings. The van der Waals surface area contributed by atoms with Crippen molar-refractivity contribution in [3.63, 3.8) is 0 Å². The van der Waals surface area contributed by atoms with Crippen molar-refractivity contribution < 1.29 is 14.2 Å². The Morgan fingerprint density at radius 3 is 2.63 bits per heavy atom. The largest absolute Gasteiger partial charge is 0.497 e. The second-order valence-corrected chi connectivity index (χ2v) is 8.09. The monoisotopic (exact) mass is 473 g/mol. The Balaban J connectivity index is 1.62. The molecule has 0 saturated carbocycles. The Hall–Kier alpha value is -4.18. The molecule has 1 fully saturated rings. The van der Waals surface area contributed by atoms with Gasteiger partial charge in [-0.25, -0.2) is 9.97 Å². The van der Waals surface area contributed by atoms with E-state index in [9.17, 15) is 0 Å². The zero-order chi connectivity index (χ0) is 24.4. The van der Waals surface area contributed by atoms with Gasteiger partial charge in [-0.15, -0.1) is 0 Å². The van der Waals surface area contributed by atoms with Gasteiger partial charge in [-0.3, -0.25) is 0 Å². The van der Waals surface area contributed by atoms with Crippen LogP contribution in [0.3, 0.4) is 0 Å². The maximum absolute atomic E-state index is 6.10. The third-order valence-electron chi connectivity index (χ3n) is 6.08. The van der Waals surface area contributed by atoms with Crippen LogP contribution in [0.4, 0.5) is 11.8 Å². The number of aromatic nitrogens is 4. The number of nitrogens with zero attached hydrogens (tertiary/aromatic N) is 5. The maximum Gasteiger partial charge on any atom is 0.224 e. The molecule has 0 radical (unpaired) electrons. The normalized spacial score (nSPS) is 15.7. The number of fused-ring (bicyclic) bond motifs is 1. The number of hydrogen-bond acceptors (Lipinski definition) is 10. The number of methoxy groups -OCH3 is 3. The van der Waals surface area contributed by atoms with Gasteiger partial charge in [0.05, 0.1) is 39.3 Å². The highest BCUT2D eigenvalue weighted by Gasteiger charge is 2.28. The number of piperazine rings is 1. The van der Waals surface area contributed by atoms with Crippen molar-refractivity contribution in [3.05, 3.63) is 54.2 Å². The van der Waals surface area contributed by atoms with Crippen molar-refractivity contribution in [1.29, 1.82) is 0 Å². The third-order valence-corrected chi connectivity index (χ3v) is 6.08. The van der Waals surface area contributed by atoms with Gasteiger partial charge in [0.1, 0.15) is 5.75 Å². The molecule has 5 rings (SSSR count). The molecule has 180 valence electrons. The summed E-state index contributed by atoms with van der Waals surface area (Å²) in [5.41, 5.74) is 9.73. The standard InChI is InChI=1S/C25H27N7O3/c1-33-17-6-4-5-16(11-17)19-14-27-9-10-32(19)24-22-23(30-25(26)31-24)28-13-18(29-22)15-7-8-20(34-2)21(12-15)35-3/h4-8,11-13,19,27H,9-10,14H2,1-3H3,(H2,26,28,30,31). The predicted molar refractivity (Wildman–Crippen MR) is 134 cm³/mol. The van der Waals surface area contributed by atoms with E-state index in [1.54, 1.807) is 27.5 Å². The van der Waals surface area contributed by atoms with Crippen LogP contribution in [0.25, 0.3) is 22.4 Å². The summed E-state index contributed by atoms with van der Waals surface area (Å²) in [5.74, 6) is 2.86. The smallest absolute Gasteiger partial charge is 0.224 e. The van der Waals surface area contributed by atoms with Gasteiger partial charge in [0.2, 0.25) is 5.95 Å². The van der Waals surface area contributed by atoms with Gasteiger partial charge in [0.15, 0.2) is 28.5 Å². The highest BCUT2D eigenvalue weighted by molar-refractivity contribution is 5.86. The topological polar surface area (TPSA) is 121 Å². The van der Waals surface area contributed by atoms with Crippen LogP contribution in [0.5, 0.6) is 17.2 Å². The summed E-state index contributed by atoms with van der Waals surface area (Å²) in [7, 11) is 4.87. The van der Waals surface area contributed by atoms with E-state index in [0.29, 0.717) is 34.2 Å². The van der Waals surface area contributed by atoms with Crippen LogP contribution in [0.15, 0.2) is 48.7 Å². The highest BCUT2D eigenvalue weighted by atomic mass is 16.5. The van der Waals surface area contributed by atoms with Crippen molar-refractivity contribution in [1.82, 2.24) is 25.3 Å². The first kappa shape index (κ1) is 22.6. The number of hydrogen-bond donors (Lipinski definition) is 2. The number of rotatable bonds is 6. The molecule has 2 aromatic heterocycles. The van der Waals surface area contributed by atoms with Gasteiger partial charge < -0.3 is 30.2 Å². The molecule has 3 heterocycles. The summed E-state index contributed by atoms with van der Waals surface area (Å²) < 4.78 is 16.3.